The van der Waals surface area contributed by atoms with E-state index in [-0.39, 0.29) is 17.7 Å². The molecule has 0 aliphatic carbocycles. The highest BCUT2D eigenvalue weighted by Crippen LogP contribution is 2.06. The Balaban J connectivity index is 2.76. The van der Waals surface area contributed by atoms with Crippen LogP contribution in [0.4, 0.5) is 4.39 Å². The minimum absolute atomic E-state index is 0.0250. The van der Waals surface area contributed by atoms with E-state index < -0.39 is 11.7 Å². The van der Waals surface area contributed by atoms with E-state index in [9.17, 15) is 9.18 Å². The van der Waals surface area contributed by atoms with Crippen molar-refractivity contribution < 1.29 is 13.9 Å². The lowest BCUT2D eigenvalue weighted by Gasteiger charge is -2.13. The van der Waals surface area contributed by atoms with Gasteiger partial charge in [-0.25, -0.2) is 9.38 Å². The van der Waals surface area contributed by atoms with Crippen molar-refractivity contribution >= 4 is 11.9 Å². The number of halogens is 1. The molecule has 1 aromatic rings. The summed E-state index contributed by atoms with van der Waals surface area (Å²) in [5.74, 6) is -1.12. The Morgan fingerprint density at radius 2 is 2.10 bits per heavy atom. The minimum Gasteiger partial charge on any atom is -0.462 e. The van der Waals surface area contributed by atoms with Crippen LogP contribution < -0.4 is 5.32 Å². The van der Waals surface area contributed by atoms with Crippen molar-refractivity contribution in [2.45, 2.75) is 39.7 Å². The molecule has 0 aromatic heterocycles. The number of hydrogen-bond donors (Lipinski definition) is 1. The second-order valence-corrected chi connectivity index (χ2v) is 4.64. The predicted octanol–water partition coefficient (Wildman–Crippen LogP) is 3.14. The van der Waals surface area contributed by atoms with Gasteiger partial charge in [0.25, 0.3) is 11.9 Å². The molecular weight excluding hydrogens is 259 g/mol. The van der Waals surface area contributed by atoms with Crippen LogP contribution in [-0.4, -0.2) is 24.6 Å². The number of benzene rings is 1. The van der Waals surface area contributed by atoms with Crippen molar-refractivity contribution in [2.75, 3.05) is 6.54 Å². The molecule has 1 amide bonds. The third kappa shape index (κ3) is 5.38. The van der Waals surface area contributed by atoms with Gasteiger partial charge in [0, 0.05) is 6.54 Å². The van der Waals surface area contributed by atoms with Gasteiger partial charge in [0.15, 0.2) is 0 Å². The van der Waals surface area contributed by atoms with Crippen LogP contribution in [0.25, 0.3) is 0 Å². The van der Waals surface area contributed by atoms with Gasteiger partial charge in [-0.2, -0.15) is 0 Å². The molecule has 0 aliphatic heterocycles. The molecule has 0 unspecified atom stereocenters. The number of aliphatic imine (C=N–C) groups is 1. The van der Waals surface area contributed by atoms with Crippen LogP contribution in [0, 0.1) is 5.82 Å². The van der Waals surface area contributed by atoms with Gasteiger partial charge in [-0.3, -0.25) is 10.1 Å². The molecule has 1 N–H and O–H groups in total. The number of carbonyl (C=O) groups is 1. The molecular formula is C15H21FN2O2. The van der Waals surface area contributed by atoms with Gasteiger partial charge < -0.3 is 4.74 Å². The van der Waals surface area contributed by atoms with Gasteiger partial charge in [0.05, 0.1) is 11.7 Å². The van der Waals surface area contributed by atoms with Crippen LogP contribution in [0.2, 0.25) is 0 Å². The summed E-state index contributed by atoms with van der Waals surface area (Å²) in [4.78, 5) is 16.2. The number of rotatable bonds is 5. The normalized spacial score (nSPS) is 11.6. The zero-order valence-electron chi connectivity index (χ0n) is 12.1. The summed E-state index contributed by atoms with van der Waals surface area (Å²) >= 11 is 0. The highest BCUT2D eigenvalue weighted by molar-refractivity contribution is 6.04. The molecule has 0 bridgehead atoms. The van der Waals surface area contributed by atoms with Crippen molar-refractivity contribution in [3.63, 3.8) is 0 Å². The molecule has 5 heteroatoms. The van der Waals surface area contributed by atoms with Crippen LogP contribution in [0.15, 0.2) is 29.3 Å². The predicted molar refractivity (Wildman–Crippen MR) is 77.3 cm³/mol. The maximum absolute atomic E-state index is 13.5. The second kappa shape index (κ2) is 8.30. The summed E-state index contributed by atoms with van der Waals surface area (Å²) < 4.78 is 18.9. The van der Waals surface area contributed by atoms with Crippen LogP contribution in [0.5, 0.6) is 0 Å². The van der Waals surface area contributed by atoms with E-state index in [0.717, 1.165) is 12.8 Å². The Bertz CT molecular complexity index is 473. The smallest absolute Gasteiger partial charge is 0.291 e. The Morgan fingerprint density at radius 3 is 2.70 bits per heavy atom. The number of unbranched alkanes of at least 4 members (excludes halogenated alkanes) is 1. The standard InChI is InChI=1S/C15H21FN2O2/c1-4-5-10-17-15(20-11(2)3)18-14(19)12-8-6-7-9-13(12)16/h6-9,11H,4-5,10H2,1-3H3,(H,17,18,19). The van der Waals surface area contributed by atoms with Gasteiger partial charge in [-0.15, -0.1) is 0 Å². The summed E-state index contributed by atoms with van der Waals surface area (Å²) in [5.41, 5.74) is -0.0250. The van der Waals surface area contributed by atoms with E-state index >= 15 is 0 Å². The maximum atomic E-state index is 13.5. The first-order valence-corrected chi connectivity index (χ1v) is 6.81. The number of amides is 1. The number of amidine groups is 1. The molecule has 0 spiro atoms. The lowest BCUT2D eigenvalue weighted by atomic mass is 10.2. The molecule has 0 saturated heterocycles. The fraction of sp³-hybridized carbons (Fsp3) is 0.467. The summed E-state index contributed by atoms with van der Waals surface area (Å²) in [6.45, 7) is 6.29. The van der Waals surface area contributed by atoms with Gasteiger partial charge in [-0.05, 0) is 32.4 Å². The molecule has 1 rings (SSSR count). The molecule has 0 radical (unpaired) electrons. The Labute approximate surface area is 119 Å². The summed E-state index contributed by atoms with van der Waals surface area (Å²) in [6, 6.07) is 5.94. The average Bonchev–Trinajstić information content (AvgIpc) is 2.38. The van der Waals surface area contributed by atoms with Crippen molar-refractivity contribution in [3.05, 3.63) is 35.6 Å². The summed E-state index contributed by atoms with van der Waals surface area (Å²) in [7, 11) is 0. The van der Waals surface area contributed by atoms with Crippen LogP contribution >= 0.6 is 0 Å². The lowest BCUT2D eigenvalue weighted by molar-refractivity contribution is 0.0956. The number of nitrogens with zero attached hydrogens (tertiary/aromatic N) is 1. The molecule has 0 fully saturated rings. The Hall–Kier alpha value is -1.91. The zero-order chi connectivity index (χ0) is 15.0. The van der Waals surface area contributed by atoms with E-state index in [1.54, 1.807) is 6.07 Å². The molecule has 110 valence electrons. The SMILES string of the molecule is CCCCN=C(NC(=O)c1ccccc1F)OC(C)C. The molecule has 1 aromatic carbocycles. The van der Waals surface area contributed by atoms with E-state index in [2.05, 4.69) is 17.2 Å². The van der Waals surface area contributed by atoms with E-state index in [4.69, 9.17) is 4.74 Å². The van der Waals surface area contributed by atoms with Crippen molar-refractivity contribution in [3.8, 4) is 0 Å². The number of nitrogens with one attached hydrogen (secondary N) is 1. The van der Waals surface area contributed by atoms with Crippen molar-refractivity contribution in [2.24, 2.45) is 4.99 Å². The van der Waals surface area contributed by atoms with Gasteiger partial charge >= 0.3 is 0 Å². The summed E-state index contributed by atoms with van der Waals surface area (Å²) in [6.07, 6.45) is 1.79. The summed E-state index contributed by atoms with van der Waals surface area (Å²) in [5, 5.41) is 2.51. The number of carbonyl (C=O) groups excluding carboxylic acids is 1. The van der Waals surface area contributed by atoms with Crippen molar-refractivity contribution in [1.82, 2.24) is 5.32 Å². The molecule has 0 atom stereocenters. The van der Waals surface area contributed by atoms with Gasteiger partial charge in [-0.1, -0.05) is 25.5 Å². The first kappa shape index (κ1) is 16.1. The molecule has 0 aliphatic rings. The Morgan fingerprint density at radius 1 is 1.40 bits per heavy atom. The molecule has 20 heavy (non-hydrogen) atoms. The second-order valence-electron chi connectivity index (χ2n) is 4.64. The maximum Gasteiger partial charge on any atom is 0.291 e. The number of ether oxygens (including phenoxy) is 1. The first-order chi connectivity index (χ1) is 9.54. The highest BCUT2D eigenvalue weighted by atomic mass is 19.1. The fourth-order valence-electron chi connectivity index (χ4n) is 1.48. The fourth-order valence-corrected chi connectivity index (χ4v) is 1.48. The molecule has 4 nitrogen and oxygen atoms in total. The Kier molecular flexibility index (Phi) is 6.70. The van der Waals surface area contributed by atoms with E-state index in [1.165, 1.54) is 18.2 Å². The average molecular weight is 280 g/mol. The van der Waals surface area contributed by atoms with Gasteiger partial charge in [0.1, 0.15) is 5.82 Å². The van der Waals surface area contributed by atoms with E-state index in [1.807, 2.05) is 13.8 Å². The number of hydrogen-bond acceptors (Lipinski definition) is 3. The monoisotopic (exact) mass is 280 g/mol. The van der Waals surface area contributed by atoms with Crippen LogP contribution in [0.3, 0.4) is 0 Å². The van der Waals surface area contributed by atoms with Crippen LogP contribution in [-0.2, 0) is 4.74 Å². The third-order valence-corrected chi connectivity index (χ3v) is 2.45. The zero-order valence-corrected chi connectivity index (χ0v) is 12.1. The largest absolute Gasteiger partial charge is 0.462 e. The van der Waals surface area contributed by atoms with E-state index in [0.29, 0.717) is 6.54 Å². The highest BCUT2D eigenvalue weighted by Gasteiger charge is 2.14. The molecule has 0 saturated carbocycles. The van der Waals surface area contributed by atoms with Gasteiger partial charge in [0.2, 0.25) is 0 Å². The van der Waals surface area contributed by atoms with Crippen LogP contribution in [0.1, 0.15) is 44.0 Å². The third-order valence-electron chi connectivity index (χ3n) is 2.45. The lowest BCUT2D eigenvalue weighted by Crippen LogP contribution is -2.34. The quantitative estimate of drug-likeness (QED) is 0.512. The topological polar surface area (TPSA) is 50.7 Å². The van der Waals surface area contributed by atoms with Crippen molar-refractivity contribution in [1.29, 1.82) is 0 Å². The minimum atomic E-state index is -0.567. The first-order valence-electron chi connectivity index (χ1n) is 6.81. The molecule has 0 heterocycles.